The van der Waals surface area contributed by atoms with Crippen LogP contribution in [-0.2, 0) is 5.41 Å². The highest BCUT2D eigenvalue weighted by atomic mass is 16.3. The number of aromatic hydroxyl groups is 2. The molecule has 1 heterocycles. The van der Waals surface area contributed by atoms with E-state index in [4.69, 9.17) is 4.42 Å². The summed E-state index contributed by atoms with van der Waals surface area (Å²) in [4.78, 5) is 4.32. The third-order valence-electron chi connectivity index (χ3n) is 4.60. The predicted octanol–water partition coefficient (Wildman–Crippen LogP) is 5.84. The normalized spacial score (nSPS) is 11.9. The molecule has 0 radical (unpaired) electrons. The number of rotatable bonds is 3. The number of oxazole rings is 1. The molecule has 0 unspecified atom stereocenters. The number of hydrogen-bond acceptors (Lipinski definition) is 4. The molecule has 1 aromatic heterocycles. The molecule has 0 bridgehead atoms. The molecule has 0 saturated carbocycles. The van der Waals surface area contributed by atoms with E-state index in [0.717, 1.165) is 11.1 Å². The van der Waals surface area contributed by atoms with Crippen LogP contribution < -0.4 is 0 Å². The SMILES string of the molecule is CC(C)c1cc(-c2ncoc2-c2ccc(C(C)(C)C)cc2)c(O)cc1O. The smallest absolute Gasteiger partial charge is 0.182 e. The van der Waals surface area contributed by atoms with Crippen molar-refractivity contribution in [1.82, 2.24) is 4.98 Å². The highest BCUT2D eigenvalue weighted by Crippen LogP contribution is 2.41. The zero-order chi connectivity index (χ0) is 19.1. The first-order chi connectivity index (χ1) is 12.2. The fraction of sp³-hybridized carbons (Fsp3) is 0.318. The molecule has 3 rings (SSSR count). The monoisotopic (exact) mass is 351 g/mol. The molecule has 0 amide bonds. The number of nitrogens with zero attached hydrogens (tertiary/aromatic N) is 1. The lowest BCUT2D eigenvalue weighted by atomic mass is 9.86. The summed E-state index contributed by atoms with van der Waals surface area (Å²) in [5.74, 6) is 0.783. The molecule has 0 spiro atoms. The van der Waals surface area contributed by atoms with Crippen LogP contribution in [-0.4, -0.2) is 15.2 Å². The van der Waals surface area contributed by atoms with Gasteiger partial charge in [-0.3, -0.25) is 0 Å². The topological polar surface area (TPSA) is 66.5 Å². The molecule has 4 heteroatoms. The summed E-state index contributed by atoms with van der Waals surface area (Å²) in [6.07, 6.45) is 1.38. The molecule has 3 aromatic rings. The number of phenolic OH excluding ortho intramolecular Hbond substituents is 2. The molecule has 0 aliphatic carbocycles. The maximum atomic E-state index is 10.3. The minimum Gasteiger partial charge on any atom is -0.508 e. The van der Waals surface area contributed by atoms with Gasteiger partial charge in [0.15, 0.2) is 12.2 Å². The standard InChI is InChI=1S/C22H25NO3/c1-13(2)16-10-17(19(25)11-18(16)24)20-21(26-12-23-20)14-6-8-15(9-7-14)22(3,4)5/h6-13,24-25H,1-5H3. The Hall–Kier alpha value is -2.75. The molecular formula is C22H25NO3. The molecule has 0 atom stereocenters. The van der Waals surface area contributed by atoms with Gasteiger partial charge in [0.1, 0.15) is 17.2 Å². The van der Waals surface area contributed by atoms with E-state index < -0.39 is 0 Å². The lowest BCUT2D eigenvalue weighted by molar-refractivity contribution is 0.445. The van der Waals surface area contributed by atoms with Crippen molar-refractivity contribution in [3.05, 3.63) is 53.9 Å². The fourth-order valence-corrected chi connectivity index (χ4v) is 3.01. The Bertz CT molecular complexity index is 916. The Balaban J connectivity index is 2.09. The Kier molecular flexibility index (Phi) is 4.53. The minimum atomic E-state index is -0.0200. The van der Waals surface area contributed by atoms with Crippen molar-refractivity contribution >= 4 is 0 Å². The van der Waals surface area contributed by atoms with Gasteiger partial charge in [0.25, 0.3) is 0 Å². The van der Waals surface area contributed by atoms with Crippen LogP contribution in [0.2, 0.25) is 0 Å². The molecule has 2 aromatic carbocycles. The summed E-state index contributed by atoms with van der Waals surface area (Å²) < 4.78 is 5.63. The molecule has 0 aliphatic rings. The largest absolute Gasteiger partial charge is 0.508 e. The Labute approximate surface area is 154 Å². The molecule has 0 fully saturated rings. The van der Waals surface area contributed by atoms with Gasteiger partial charge in [0.05, 0.1) is 0 Å². The van der Waals surface area contributed by atoms with Crippen LogP contribution in [0.15, 0.2) is 47.2 Å². The van der Waals surface area contributed by atoms with Gasteiger partial charge in [0.2, 0.25) is 0 Å². The first-order valence-corrected chi connectivity index (χ1v) is 8.79. The van der Waals surface area contributed by atoms with Gasteiger partial charge in [-0.25, -0.2) is 4.98 Å². The quantitative estimate of drug-likeness (QED) is 0.622. The maximum absolute atomic E-state index is 10.3. The summed E-state index contributed by atoms with van der Waals surface area (Å²) >= 11 is 0. The zero-order valence-corrected chi connectivity index (χ0v) is 15.9. The molecule has 4 nitrogen and oxygen atoms in total. The van der Waals surface area contributed by atoms with Crippen LogP contribution in [0, 0.1) is 0 Å². The first kappa shape index (κ1) is 18.1. The van der Waals surface area contributed by atoms with Crippen molar-refractivity contribution in [1.29, 1.82) is 0 Å². The second-order valence-corrected chi connectivity index (χ2v) is 7.94. The fourth-order valence-electron chi connectivity index (χ4n) is 3.01. The van der Waals surface area contributed by atoms with Crippen LogP contribution in [0.1, 0.15) is 51.7 Å². The van der Waals surface area contributed by atoms with Crippen molar-refractivity contribution in [2.24, 2.45) is 0 Å². The predicted molar refractivity (Wildman–Crippen MR) is 103 cm³/mol. The van der Waals surface area contributed by atoms with Crippen molar-refractivity contribution in [2.75, 3.05) is 0 Å². The summed E-state index contributed by atoms with van der Waals surface area (Å²) in [6.45, 7) is 10.5. The van der Waals surface area contributed by atoms with Gasteiger partial charge in [-0.2, -0.15) is 0 Å². The van der Waals surface area contributed by atoms with E-state index in [0.29, 0.717) is 17.0 Å². The second-order valence-electron chi connectivity index (χ2n) is 7.94. The zero-order valence-electron chi connectivity index (χ0n) is 15.9. The van der Waals surface area contributed by atoms with E-state index in [1.54, 1.807) is 6.07 Å². The molecule has 0 saturated heterocycles. The minimum absolute atomic E-state index is 0.0200. The van der Waals surface area contributed by atoms with Crippen LogP contribution in [0.3, 0.4) is 0 Å². The third-order valence-corrected chi connectivity index (χ3v) is 4.60. The van der Waals surface area contributed by atoms with Crippen LogP contribution in [0.25, 0.3) is 22.6 Å². The summed E-state index contributed by atoms with van der Waals surface area (Å²) in [5, 5.41) is 20.4. The first-order valence-electron chi connectivity index (χ1n) is 8.79. The van der Waals surface area contributed by atoms with Gasteiger partial charge in [-0.1, -0.05) is 58.9 Å². The highest BCUT2D eigenvalue weighted by Gasteiger charge is 2.20. The maximum Gasteiger partial charge on any atom is 0.182 e. The lowest BCUT2D eigenvalue weighted by Gasteiger charge is -2.19. The second kappa shape index (κ2) is 6.52. The molecular weight excluding hydrogens is 326 g/mol. The average Bonchev–Trinajstić information content (AvgIpc) is 3.03. The number of benzene rings is 2. The Morgan fingerprint density at radius 3 is 2.19 bits per heavy atom. The van der Waals surface area contributed by atoms with Crippen molar-refractivity contribution < 1.29 is 14.6 Å². The molecule has 0 aliphatic heterocycles. The van der Waals surface area contributed by atoms with Crippen molar-refractivity contribution in [3.63, 3.8) is 0 Å². The van der Waals surface area contributed by atoms with Crippen molar-refractivity contribution in [2.45, 2.75) is 46.0 Å². The van der Waals surface area contributed by atoms with Crippen LogP contribution in [0.5, 0.6) is 11.5 Å². The highest BCUT2D eigenvalue weighted by molar-refractivity contribution is 5.81. The molecule has 136 valence electrons. The van der Waals surface area contributed by atoms with Gasteiger partial charge in [-0.05, 0) is 28.5 Å². The average molecular weight is 351 g/mol. The number of aromatic nitrogens is 1. The van der Waals surface area contributed by atoms with Gasteiger partial charge >= 0.3 is 0 Å². The number of phenols is 2. The van der Waals surface area contributed by atoms with Crippen LogP contribution in [0.4, 0.5) is 0 Å². The Morgan fingerprint density at radius 1 is 0.962 bits per heavy atom. The van der Waals surface area contributed by atoms with E-state index >= 15 is 0 Å². The summed E-state index contributed by atoms with van der Waals surface area (Å²) in [7, 11) is 0. The molecule has 26 heavy (non-hydrogen) atoms. The van der Waals surface area contributed by atoms with E-state index in [2.05, 4.69) is 37.9 Å². The van der Waals surface area contributed by atoms with Gasteiger partial charge in [-0.15, -0.1) is 0 Å². The summed E-state index contributed by atoms with van der Waals surface area (Å²) in [5.41, 5.74) is 4.07. The third kappa shape index (κ3) is 3.32. The van der Waals surface area contributed by atoms with E-state index in [1.165, 1.54) is 18.0 Å². The Morgan fingerprint density at radius 2 is 1.62 bits per heavy atom. The van der Waals surface area contributed by atoms with E-state index in [-0.39, 0.29) is 22.8 Å². The van der Waals surface area contributed by atoms with E-state index in [9.17, 15) is 10.2 Å². The lowest BCUT2D eigenvalue weighted by Crippen LogP contribution is -2.10. The molecule has 2 N–H and O–H groups in total. The van der Waals surface area contributed by atoms with Crippen LogP contribution >= 0.6 is 0 Å². The van der Waals surface area contributed by atoms with Gasteiger partial charge < -0.3 is 14.6 Å². The van der Waals surface area contributed by atoms with Crippen molar-refractivity contribution in [3.8, 4) is 34.1 Å². The number of hydrogen-bond donors (Lipinski definition) is 2. The van der Waals surface area contributed by atoms with E-state index in [1.807, 2.05) is 26.0 Å². The van der Waals surface area contributed by atoms with Gasteiger partial charge in [0, 0.05) is 17.2 Å². The summed E-state index contributed by atoms with van der Waals surface area (Å²) in [6, 6.07) is 11.3.